The molecule has 0 atom stereocenters. The smallest absolute Gasteiger partial charge is 0.260 e. The van der Waals surface area contributed by atoms with E-state index in [1.807, 2.05) is 43.4 Å². The first-order valence-electron chi connectivity index (χ1n) is 10.9. The predicted octanol–water partition coefficient (Wildman–Crippen LogP) is 3.38. The zero-order chi connectivity index (χ0) is 22.5. The van der Waals surface area contributed by atoms with Crippen molar-refractivity contribution in [1.29, 1.82) is 0 Å². The number of rotatable bonds is 6. The van der Waals surface area contributed by atoms with E-state index >= 15 is 0 Å². The van der Waals surface area contributed by atoms with Crippen LogP contribution in [0.25, 0.3) is 27.2 Å². The molecule has 7 heteroatoms. The van der Waals surface area contributed by atoms with Gasteiger partial charge in [-0.1, -0.05) is 48.5 Å². The van der Waals surface area contributed by atoms with Crippen LogP contribution in [0.3, 0.4) is 0 Å². The number of anilines is 1. The van der Waals surface area contributed by atoms with Gasteiger partial charge in [-0.3, -0.25) is 9.78 Å². The molecule has 7 nitrogen and oxygen atoms in total. The van der Waals surface area contributed by atoms with E-state index in [1.165, 1.54) is 0 Å². The number of hydrogen-bond donors (Lipinski definition) is 3. The summed E-state index contributed by atoms with van der Waals surface area (Å²) in [4.78, 5) is 26.8. The molecule has 0 unspecified atom stereocenters. The van der Waals surface area contributed by atoms with Gasteiger partial charge >= 0.3 is 0 Å². The molecule has 1 aromatic heterocycles. The molecule has 4 rings (SSSR count). The van der Waals surface area contributed by atoms with Gasteiger partial charge in [0.2, 0.25) is 5.95 Å². The first kappa shape index (κ1) is 21.8. The molecule has 164 valence electrons. The normalized spacial score (nSPS) is 14.3. The van der Waals surface area contributed by atoms with Gasteiger partial charge in [0, 0.05) is 25.7 Å². The third-order valence-corrected chi connectivity index (χ3v) is 6.02. The first-order valence-corrected chi connectivity index (χ1v) is 10.9. The van der Waals surface area contributed by atoms with Gasteiger partial charge in [0.1, 0.15) is 0 Å². The predicted molar refractivity (Wildman–Crippen MR) is 127 cm³/mol. The van der Waals surface area contributed by atoms with E-state index in [-0.39, 0.29) is 12.2 Å². The van der Waals surface area contributed by atoms with E-state index in [1.54, 1.807) is 12.1 Å². The van der Waals surface area contributed by atoms with Crippen molar-refractivity contribution in [3.63, 3.8) is 0 Å². The third-order valence-electron chi connectivity index (χ3n) is 6.02. The third kappa shape index (κ3) is 4.57. The lowest BCUT2D eigenvalue weighted by Gasteiger charge is -2.32. The molecule has 0 amide bonds. The molecule has 1 saturated heterocycles. The average Bonchev–Trinajstić information content (AvgIpc) is 2.84. The molecular weight excluding hydrogens is 402 g/mol. The summed E-state index contributed by atoms with van der Waals surface area (Å²) in [5.41, 5.74) is 4.03. The second-order valence-electron chi connectivity index (χ2n) is 7.99. The van der Waals surface area contributed by atoms with Crippen LogP contribution in [0.2, 0.25) is 0 Å². The Morgan fingerprint density at radius 2 is 1.78 bits per heavy atom. The van der Waals surface area contributed by atoms with Crippen molar-refractivity contribution in [3.8, 4) is 22.4 Å². The number of nitrogens with zero attached hydrogens (tertiary/aromatic N) is 3. The van der Waals surface area contributed by atoms with Crippen molar-refractivity contribution in [1.82, 2.24) is 15.3 Å². The molecule has 3 aromatic rings. The van der Waals surface area contributed by atoms with Gasteiger partial charge in [0.25, 0.3) is 5.56 Å². The van der Waals surface area contributed by atoms with Crippen LogP contribution in [-0.4, -0.2) is 47.9 Å². The van der Waals surface area contributed by atoms with Crippen LogP contribution in [0, 0.1) is 6.57 Å². The Labute approximate surface area is 187 Å². The minimum Gasteiger partial charge on any atom is -0.396 e. The van der Waals surface area contributed by atoms with Crippen LogP contribution >= 0.6 is 0 Å². The van der Waals surface area contributed by atoms with Gasteiger partial charge in [0.05, 0.1) is 17.8 Å². The Balaban J connectivity index is 1.79. The highest BCUT2D eigenvalue weighted by molar-refractivity contribution is 5.81. The molecule has 1 aliphatic heterocycles. The van der Waals surface area contributed by atoms with E-state index in [0.717, 1.165) is 42.6 Å². The molecule has 0 spiro atoms. The van der Waals surface area contributed by atoms with Gasteiger partial charge in [-0.15, -0.1) is 0 Å². The summed E-state index contributed by atoms with van der Waals surface area (Å²) in [6.45, 7) is 8.93. The number of benzene rings is 2. The topological polar surface area (TPSA) is 85.6 Å². The molecule has 3 N–H and O–H groups in total. The monoisotopic (exact) mass is 429 g/mol. The molecular formula is C25H27N5O2. The van der Waals surface area contributed by atoms with Crippen LogP contribution in [0.15, 0.2) is 53.3 Å². The lowest BCUT2D eigenvalue weighted by Crippen LogP contribution is -2.42. The lowest BCUT2D eigenvalue weighted by molar-refractivity contribution is 0.299. The van der Waals surface area contributed by atoms with Crippen molar-refractivity contribution >= 4 is 11.6 Å². The number of aliphatic hydroxyl groups excluding tert-OH is 1. The largest absolute Gasteiger partial charge is 0.396 e. The highest BCUT2D eigenvalue weighted by Crippen LogP contribution is 2.31. The second-order valence-corrected chi connectivity index (χ2v) is 7.99. The number of aliphatic hydroxyl groups is 1. The molecule has 0 bridgehead atoms. The lowest BCUT2D eigenvalue weighted by atomic mass is 9.98. The summed E-state index contributed by atoms with van der Waals surface area (Å²) in [5.74, 6) is 0.578. The van der Waals surface area contributed by atoms with Gasteiger partial charge in [-0.25, -0.2) is 9.83 Å². The van der Waals surface area contributed by atoms with Crippen LogP contribution < -0.4 is 15.8 Å². The number of hydrogen-bond acceptors (Lipinski definition) is 5. The minimum atomic E-state index is -0.190. The maximum atomic E-state index is 13.3. The second kappa shape index (κ2) is 9.77. The average molecular weight is 430 g/mol. The maximum absolute atomic E-state index is 13.3. The van der Waals surface area contributed by atoms with Crippen molar-refractivity contribution in [2.45, 2.75) is 25.3 Å². The van der Waals surface area contributed by atoms with Crippen LogP contribution in [0.4, 0.5) is 11.6 Å². The standard InChI is InChI=1S/C25H27N5O2/c1-26-20-9-7-19(8-10-20)23-22(18-5-3-17(4-6-18)13-16-31)24(32)29-25(28-23)30-14-11-21(27-2)12-15-30/h3-10,21,27,31H,11-16H2,2H3,(H,28,29,32). The Morgan fingerprint density at radius 3 is 2.38 bits per heavy atom. The quantitative estimate of drug-likeness (QED) is 0.523. The number of piperidine rings is 1. The van der Waals surface area contributed by atoms with Gasteiger partial charge in [-0.2, -0.15) is 0 Å². The van der Waals surface area contributed by atoms with Crippen molar-refractivity contribution in [3.05, 3.63) is 75.9 Å². The minimum absolute atomic E-state index is 0.0824. The molecule has 2 aromatic carbocycles. The van der Waals surface area contributed by atoms with E-state index in [0.29, 0.717) is 35.4 Å². The number of H-pyrrole nitrogens is 1. The van der Waals surface area contributed by atoms with Gasteiger partial charge < -0.3 is 15.3 Å². The zero-order valence-corrected chi connectivity index (χ0v) is 18.1. The molecule has 32 heavy (non-hydrogen) atoms. The molecule has 2 heterocycles. The summed E-state index contributed by atoms with van der Waals surface area (Å²) in [6.07, 6.45) is 2.55. The summed E-state index contributed by atoms with van der Waals surface area (Å²) in [6, 6.07) is 15.3. The van der Waals surface area contributed by atoms with E-state index in [4.69, 9.17) is 11.6 Å². The van der Waals surface area contributed by atoms with E-state index < -0.39 is 0 Å². The summed E-state index contributed by atoms with van der Waals surface area (Å²) >= 11 is 0. The molecule has 0 saturated carbocycles. The van der Waals surface area contributed by atoms with Gasteiger partial charge in [0.15, 0.2) is 5.69 Å². The van der Waals surface area contributed by atoms with Crippen LogP contribution in [0.5, 0.6) is 0 Å². The number of aromatic nitrogens is 2. The van der Waals surface area contributed by atoms with Crippen molar-refractivity contribution in [2.24, 2.45) is 0 Å². The molecule has 0 radical (unpaired) electrons. The zero-order valence-electron chi connectivity index (χ0n) is 18.1. The van der Waals surface area contributed by atoms with Crippen molar-refractivity contribution < 1.29 is 5.11 Å². The SMILES string of the molecule is [C-]#[N+]c1ccc(-c2nc(N3CCC(NC)CC3)[nH]c(=O)c2-c2ccc(CCO)cc2)cc1. The maximum Gasteiger partial charge on any atom is 0.260 e. The highest BCUT2D eigenvalue weighted by Gasteiger charge is 2.22. The van der Waals surface area contributed by atoms with E-state index in [9.17, 15) is 9.90 Å². The fourth-order valence-electron chi connectivity index (χ4n) is 4.13. The van der Waals surface area contributed by atoms with Crippen LogP contribution in [0.1, 0.15) is 18.4 Å². The number of aromatic amines is 1. The Hall–Kier alpha value is -3.47. The van der Waals surface area contributed by atoms with E-state index in [2.05, 4.69) is 20.0 Å². The summed E-state index contributed by atoms with van der Waals surface area (Å²) < 4.78 is 0. The fourth-order valence-corrected chi connectivity index (χ4v) is 4.13. The molecule has 1 fully saturated rings. The first-order chi connectivity index (χ1) is 15.6. The summed E-state index contributed by atoms with van der Waals surface area (Å²) in [7, 11) is 1.98. The van der Waals surface area contributed by atoms with Gasteiger partial charge in [-0.05, 0) is 43.0 Å². The Bertz CT molecular complexity index is 1150. The summed E-state index contributed by atoms with van der Waals surface area (Å²) in [5, 5.41) is 12.5. The van der Waals surface area contributed by atoms with Crippen molar-refractivity contribution in [2.75, 3.05) is 31.6 Å². The highest BCUT2D eigenvalue weighted by atomic mass is 16.3. The Morgan fingerprint density at radius 1 is 1.12 bits per heavy atom. The number of nitrogens with one attached hydrogen (secondary N) is 2. The molecule has 1 aliphatic rings. The Kier molecular flexibility index (Phi) is 6.64. The fraction of sp³-hybridized carbons (Fsp3) is 0.320. The van der Waals surface area contributed by atoms with Crippen LogP contribution in [-0.2, 0) is 6.42 Å². The molecule has 0 aliphatic carbocycles.